The number of benzene rings is 1. The lowest BCUT2D eigenvalue weighted by molar-refractivity contribution is -0.167. The summed E-state index contributed by atoms with van der Waals surface area (Å²) in [6.45, 7) is 13.0. The van der Waals surface area contributed by atoms with Gasteiger partial charge in [-0.05, 0) is 36.8 Å². The predicted molar refractivity (Wildman–Crippen MR) is 124 cm³/mol. The minimum Gasteiger partial charge on any atom is -0.301 e. The molecule has 0 spiro atoms. The second-order valence-corrected chi connectivity index (χ2v) is 10.2. The standard InChI is InChI=1S/C26H37N3O2/c1-25(2)22-12-13-26(25,3)24(31)29(23(22)30)16-8-15-28-19-17-27(18-20-28)14-7-11-21-9-5-4-6-10-21/h4-7,9-11,22H,8,12-20H2,1-3H3. The van der Waals surface area contributed by atoms with Gasteiger partial charge in [0.2, 0.25) is 11.8 Å². The van der Waals surface area contributed by atoms with E-state index < -0.39 is 0 Å². The van der Waals surface area contributed by atoms with Crippen molar-refractivity contribution in [1.29, 1.82) is 0 Å². The maximum atomic E-state index is 13.1. The van der Waals surface area contributed by atoms with Crippen LogP contribution in [0.3, 0.4) is 0 Å². The Bertz CT molecular complexity index is 826. The maximum Gasteiger partial charge on any atom is 0.235 e. The molecule has 5 nitrogen and oxygen atoms in total. The topological polar surface area (TPSA) is 43.9 Å². The van der Waals surface area contributed by atoms with Gasteiger partial charge in [-0.1, -0.05) is 63.3 Å². The van der Waals surface area contributed by atoms with Crippen LogP contribution in [0.15, 0.2) is 36.4 Å². The van der Waals surface area contributed by atoms with E-state index in [1.807, 2.05) is 6.07 Å². The number of piperidine rings is 1. The van der Waals surface area contributed by atoms with Crippen LogP contribution in [0.5, 0.6) is 0 Å². The van der Waals surface area contributed by atoms with E-state index in [0.29, 0.717) is 6.54 Å². The number of carbonyl (C=O) groups excluding carboxylic acids is 2. The molecule has 0 radical (unpaired) electrons. The molecule has 1 aliphatic carbocycles. The molecule has 2 unspecified atom stereocenters. The lowest BCUT2D eigenvalue weighted by Crippen LogP contribution is -2.59. The van der Waals surface area contributed by atoms with E-state index in [9.17, 15) is 9.59 Å². The van der Waals surface area contributed by atoms with E-state index in [-0.39, 0.29) is 28.6 Å². The maximum absolute atomic E-state index is 13.1. The van der Waals surface area contributed by atoms with Gasteiger partial charge in [-0.3, -0.25) is 19.4 Å². The molecule has 2 aliphatic heterocycles. The van der Waals surface area contributed by atoms with Crippen molar-refractivity contribution in [3.05, 3.63) is 42.0 Å². The Morgan fingerprint density at radius 1 is 0.968 bits per heavy atom. The van der Waals surface area contributed by atoms with Crippen LogP contribution >= 0.6 is 0 Å². The molecule has 168 valence electrons. The molecule has 2 amide bonds. The van der Waals surface area contributed by atoms with Gasteiger partial charge in [0.1, 0.15) is 0 Å². The van der Waals surface area contributed by atoms with E-state index in [4.69, 9.17) is 0 Å². The number of piperazine rings is 1. The Morgan fingerprint density at radius 3 is 2.35 bits per heavy atom. The number of carbonyl (C=O) groups is 2. The molecular formula is C26H37N3O2. The average molecular weight is 424 g/mol. The molecule has 1 aromatic carbocycles. The van der Waals surface area contributed by atoms with Crippen molar-refractivity contribution in [3.8, 4) is 0 Å². The number of rotatable bonds is 7. The highest BCUT2D eigenvalue weighted by Crippen LogP contribution is 2.60. The van der Waals surface area contributed by atoms with Gasteiger partial charge >= 0.3 is 0 Å². The number of imide groups is 1. The highest BCUT2D eigenvalue weighted by molar-refractivity contribution is 6.03. The number of likely N-dealkylation sites (tertiary alicyclic amines) is 1. The molecule has 0 aromatic heterocycles. The third-order valence-corrected chi connectivity index (χ3v) is 8.30. The smallest absolute Gasteiger partial charge is 0.235 e. The molecule has 3 aliphatic rings. The van der Waals surface area contributed by atoms with Crippen LogP contribution in [0.1, 0.15) is 45.6 Å². The van der Waals surface area contributed by atoms with Crippen LogP contribution < -0.4 is 0 Å². The summed E-state index contributed by atoms with van der Waals surface area (Å²) in [5.41, 5.74) is 0.640. The highest BCUT2D eigenvalue weighted by Gasteiger charge is 2.64. The van der Waals surface area contributed by atoms with Crippen molar-refractivity contribution >= 4 is 17.9 Å². The van der Waals surface area contributed by atoms with Crippen LogP contribution in [0, 0.1) is 16.7 Å². The van der Waals surface area contributed by atoms with E-state index in [1.54, 1.807) is 4.90 Å². The lowest BCUT2D eigenvalue weighted by Gasteiger charge is -2.47. The first kappa shape index (κ1) is 22.2. The van der Waals surface area contributed by atoms with Crippen molar-refractivity contribution in [1.82, 2.24) is 14.7 Å². The summed E-state index contributed by atoms with van der Waals surface area (Å²) in [5, 5.41) is 0. The summed E-state index contributed by atoms with van der Waals surface area (Å²) in [6, 6.07) is 10.4. The fourth-order valence-corrected chi connectivity index (χ4v) is 5.66. The monoisotopic (exact) mass is 423 g/mol. The molecule has 1 saturated carbocycles. The Kier molecular flexibility index (Phi) is 6.36. The zero-order valence-electron chi connectivity index (χ0n) is 19.3. The van der Waals surface area contributed by atoms with Crippen LogP contribution in [0.2, 0.25) is 0 Å². The van der Waals surface area contributed by atoms with Crippen LogP contribution in [-0.4, -0.2) is 72.3 Å². The van der Waals surface area contributed by atoms with Crippen LogP contribution in [0.25, 0.3) is 6.08 Å². The molecule has 1 aromatic rings. The average Bonchev–Trinajstić information content (AvgIpc) is 2.96. The Hall–Kier alpha value is -1.98. The number of hydrogen-bond acceptors (Lipinski definition) is 4. The van der Waals surface area contributed by atoms with Gasteiger partial charge in [0.25, 0.3) is 0 Å². The number of nitrogens with zero attached hydrogens (tertiary/aromatic N) is 3. The zero-order valence-corrected chi connectivity index (χ0v) is 19.3. The van der Waals surface area contributed by atoms with Gasteiger partial charge in [0, 0.05) is 45.2 Å². The quantitative estimate of drug-likeness (QED) is 0.630. The first-order valence-corrected chi connectivity index (χ1v) is 11.8. The molecule has 3 fully saturated rings. The normalized spacial score (nSPS) is 29.3. The first-order chi connectivity index (χ1) is 14.8. The molecule has 2 saturated heterocycles. The van der Waals surface area contributed by atoms with Crippen molar-refractivity contribution in [2.75, 3.05) is 45.8 Å². The zero-order chi connectivity index (χ0) is 22.1. The van der Waals surface area contributed by atoms with E-state index >= 15 is 0 Å². The summed E-state index contributed by atoms with van der Waals surface area (Å²) < 4.78 is 0. The van der Waals surface area contributed by atoms with Crippen molar-refractivity contribution in [2.24, 2.45) is 16.7 Å². The SMILES string of the molecule is CC12CCC(C(=O)N(CCCN3CCN(CC=Cc4ccccc4)CC3)C1=O)C2(C)C. The third kappa shape index (κ3) is 4.22. The van der Waals surface area contributed by atoms with Crippen LogP contribution in [0.4, 0.5) is 0 Å². The molecule has 2 bridgehead atoms. The molecule has 2 heterocycles. The van der Waals surface area contributed by atoms with Gasteiger partial charge < -0.3 is 4.90 Å². The fraction of sp³-hybridized carbons (Fsp3) is 0.615. The fourth-order valence-electron chi connectivity index (χ4n) is 5.66. The van der Waals surface area contributed by atoms with Gasteiger partial charge in [0.05, 0.1) is 5.41 Å². The summed E-state index contributed by atoms with van der Waals surface area (Å²) in [6.07, 6.45) is 7.00. The Balaban J connectivity index is 1.20. The number of fused-ring (bicyclic) bond motifs is 2. The number of hydrogen-bond donors (Lipinski definition) is 0. The van der Waals surface area contributed by atoms with E-state index in [0.717, 1.165) is 58.5 Å². The van der Waals surface area contributed by atoms with E-state index in [1.165, 1.54) is 5.56 Å². The van der Waals surface area contributed by atoms with Crippen molar-refractivity contribution < 1.29 is 9.59 Å². The van der Waals surface area contributed by atoms with Crippen molar-refractivity contribution in [3.63, 3.8) is 0 Å². The molecule has 0 N–H and O–H groups in total. The summed E-state index contributed by atoms with van der Waals surface area (Å²) >= 11 is 0. The van der Waals surface area contributed by atoms with Gasteiger partial charge in [-0.25, -0.2) is 0 Å². The molecule has 2 atom stereocenters. The largest absolute Gasteiger partial charge is 0.301 e. The summed E-state index contributed by atoms with van der Waals surface area (Å²) in [5.74, 6) is 0.133. The van der Waals surface area contributed by atoms with Gasteiger partial charge in [-0.15, -0.1) is 0 Å². The molecular weight excluding hydrogens is 386 g/mol. The Labute approximate surface area is 187 Å². The lowest BCUT2D eigenvalue weighted by atomic mass is 9.62. The highest BCUT2D eigenvalue weighted by atomic mass is 16.2. The van der Waals surface area contributed by atoms with Gasteiger partial charge in [0.15, 0.2) is 0 Å². The second-order valence-electron chi connectivity index (χ2n) is 10.2. The van der Waals surface area contributed by atoms with E-state index in [2.05, 4.69) is 67.0 Å². The molecule has 4 rings (SSSR count). The van der Waals surface area contributed by atoms with Gasteiger partial charge in [-0.2, -0.15) is 0 Å². The van der Waals surface area contributed by atoms with Crippen molar-refractivity contribution in [2.45, 2.75) is 40.0 Å². The predicted octanol–water partition coefficient (Wildman–Crippen LogP) is 3.52. The minimum absolute atomic E-state index is 0.00249. The molecule has 31 heavy (non-hydrogen) atoms. The third-order valence-electron chi connectivity index (χ3n) is 8.30. The first-order valence-electron chi connectivity index (χ1n) is 11.8. The Morgan fingerprint density at radius 2 is 1.65 bits per heavy atom. The molecule has 5 heteroatoms. The van der Waals surface area contributed by atoms with Crippen LogP contribution in [-0.2, 0) is 9.59 Å². The second kappa shape index (κ2) is 8.87. The number of amides is 2. The summed E-state index contributed by atoms with van der Waals surface area (Å²) in [7, 11) is 0. The summed E-state index contributed by atoms with van der Waals surface area (Å²) in [4.78, 5) is 32.6. The minimum atomic E-state index is -0.384.